The maximum atomic E-state index is 5.85. The third kappa shape index (κ3) is 1.75. The first kappa shape index (κ1) is 12.0. The first-order valence-electron chi connectivity index (χ1n) is 7.41. The molecule has 2 aliphatic rings. The third-order valence-electron chi connectivity index (χ3n) is 4.34. The number of aromatic nitrogens is 2. The number of benzene rings is 1. The zero-order valence-electron chi connectivity index (χ0n) is 11.6. The molecule has 1 aromatic carbocycles. The van der Waals surface area contributed by atoms with E-state index < -0.39 is 0 Å². The molecule has 0 saturated carbocycles. The Hall–Kier alpha value is -1.81. The number of nitrogens with two attached hydrogens (primary N) is 1. The highest BCUT2D eigenvalue weighted by Gasteiger charge is 2.21. The molecular weight excluding hydrogens is 250 g/mol. The number of imidazole rings is 1. The van der Waals surface area contributed by atoms with Gasteiger partial charge in [-0.2, -0.15) is 0 Å². The summed E-state index contributed by atoms with van der Waals surface area (Å²) in [5, 5.41) is 0. The molecule has 0 atom stereocenters. The van der Waals surface area contributed by atoms with Gasteiger partial charge in [0.05, 0.1) is 18.8 Å². The predicted molar refractivity (Wildman–Crippen MR) is 77.7 cm³/mol. The van der Waals surface area contributed by atoms with Gasteiger partial charge < -0.3 is 15.0 Å². The van der Waals surface area contributed by atoms with E-state index in [1.54, 1.807) is 0 Å². The fourth-order valence-electron chi connectivity index (χ4n) is 3.34. The molecule has 4 nitrogen and oxygen atoms in total. The fraction of sp³-hybridized carbons (Fsp3) is 0.438. The van der Waals surface area contributed by atoms with Crippen LogP contribution in [-0.4, -0.2) is 16.2 Å². The highest BCUT2D eigenvalue weighted by Crippen LogP contribution is 2.33. The maximum Gasteiger partial charge on any atom is 0.123 e. The van der Waals surface area contributed by atoms with E-state index in [0.29, 0.717) is 6.54 Å². The van der Waals surface area contributed by atoms with Crippen LogP contribution in [0.25, 0.3) is 11.3 Å². The molecule has 1 aromatic heterocycles. The largest absolute Gasteiger partial charge is 0.493 e. The van der Waals surface area contributed by atoms with E-state index in [1.165, 1.54) is 29.7 Å². The first-order valence-corrected chi connectivity index (χ1v) is 7.41. The summed E-state index contributed by atoms with van der Waals surface area (Å²) in [6.45, 7) is 2.37. The lowest BCUT2D eigenvalue weighted by atomic mass is 10.0. The average Bonchev–Trinajstić information content (AvgIpc) is 3.10. The highest BCUT2D eigenvalue weighted by atomic mass is 16.5. The lowest BCUT2D eigenvalue weighted by Gasteiger charge is -2.17. The average molecular weight is 269 g/mol. The Morgan fingerprint density at radius 3 is 3.10 bits per heavy atom. The standard InChI is InChI=1S/C16H19N3O/c17-10-15-18-16(13-3-1-2-7-19(13)15)12-4-5-14-11(9-12)6-8-20-14/h4-5,9H,1-3,6-8,10,17H2. The van der Waals surface area contributed by atoms with Crippen molar-refractivity contribution in [1.82, 2.24) is 9.55 Å². The van der Waals surface area contributed by atoms with E-state index in [2.05, 4.69) is 22.8 Å². The second-order valence-electron chi connectivity index (χ2n) is 5.56. The molecule has 0 spiro atoms. The zero-order valence-corrected chi connectivity index (χ0v) is 11.6. The molecule has 0 saturated heterocycles. The fourth-order valence-corrected chi connectivity index (χ4v) is 3.34. The molecule has 0 unspecified atom stereocenters. The topological polar surface area (TPSA) is 53.1 Å². The molecule has 4 rings (SSSR count). The van der Waals surface area contributed by atoms with E-state index in [4.69, 9.17) is 15.5 Å². The molecule has 0 radical (unpaired) electrons. The minimum atomic E-state index is 0.515. The van der Waals surface area contributed by atoms with Gasteiger partial charge in [0, 0.05) is 24.2 Å². The van der Waals surface area contributed by atoms with Gasteiger partial charge in [0.2, 0.25) is 0 Å². The molecule has 104 valence electrons. The lowest BCUT2D eigenvalue weighted by Crippen LogP contribution is -2.15. The van der Waals surface area contributed by atoms with Gasteiger partial charge in [-0.05, 0) is 43.0 Å². The number of hydrogen-bond acceptors (Lipinski definition) is 3. The molecule has 2 aromatic rings. The second kappa shape index (κ2) is 4.63. The van der Waals surface area contributed by atoms with Gasteiger partial charge in [-0.3, -0.25) is 0 Å². The number of rotatable bonds is 2. The van der Waals surface area contributed by atoms with Crippen LogP contribution in [0.15, 0.2) is 18.2 Å². The first-order chi connectivity index (χ1) is 9.86. The lowest BCUT2D eigenvalue weighted by molar-refractivity contribution is 0.357. The quantitative estimate of drug-likeness (QED) is 0.910. The van der Waals surface area contributed by atoms with Crippen molar-refractivity contribution in [2.24, 2.45) is 5.73 Å². The van der Waals surface area contributed by atoms with Crippen molar-refractivity contribution in [2.75, 3.05) is 6.61 Å². The zero-order chi connectivity index (χ0) is 13.5. The van der Waals surface area contributed by atoms with Crippen molar-refractivity contribution >= 4 is 0 Å². The Morgan fingerprint density at radius 1 is 1.25 bits per heavy atom. The summed E-state index contributed by atoms with van der Waals surface area (Å²) in [5.41, 5.74) is 10.8. The Labute approximate surface area is 118 Å². The van der Waals surface area contributed by atoms with Crippen LogP contribution in [0.1, 0.15) is 29.9 Å². The van der Waals surface area contributed by atoms with Crippen LogP contribution in [0.5, 0.6) is 5.75 Å². The van der Waals surface area contributed by atoms with Crippen LogP contribution < -0.4 is 10.5 Å². The Kier molecular flexibility index (Phi) is 2.77. The van der Waals surface area contributed by atoms with Crippen LogP contribution in [-0.2, 0) is 25.9 Å². The molecule has 4 heteroatoms. The van der Waals surface area contributed by atoms with Crippen molar-refractivity contribution < 1.29 is 4.74 Å². The van der Waals surface area contributed by atoms with E-state index in [9.17, 15) is 0 Å². The van der Waals surface area contributed by atoms with E-state index in [-0.39, 0.29) is 0 Å². The normalized spacial score (nSPS) is 16.6. The summed E-state index contributed by atoms with van der Waals surface area (Å²) >= 11 is 0. The Bertz CT molecular complexity index is 660. The van der Waals surface area contributed by atoms with Crippen molar-refractivity contribution in [2.45, 2.75) is 38.8 Å². The van der Waals surface area contributed by atoms with Crippen LogP contribution in [0.2, 0.25) is 0 Å². The van der Waals surface area contributed by atoms with E-state index >= 15 is 0 Å². The molecule has 2 aliphatic heterocycles. The molecule has 0 amide bonds. The minimum absolute atomic E-state index is 0.515. The molecule has 3 heterocycles. The third-order valence-corrected chi connectivity index (χ3v) is 4.34. The number of hydrogen-bond donors (Lipinski definition) is 1. The van der Waals surface area contributed by atoms with Gasteiger partial charge in [0.1, 0.15) is 11.6 Å². The summed E-state index contributed by atoms with van der Waals surface area (Å²) in [6, 6.07) is 6.44. The smallest absolute Gasteiger partial charge is 0.123 e. The van der Waals surface area contributed by atoms with Crippen LogP contribution >= 0.6 is 0 Å². The van der Waals surface area contributed by atoms with E-state index in [0.717, 1.165) is 43.3 Å². The van der Waals surface area contributed by atoms with Gasteiger partial charge in [-0.1, -0.05) is 0 Å². The summed E-state index contributed by atoms with van der Waals surface area (Å²) in [4.78, 5) is 4.80. The molecular formula is C16H19N3O. The van der Waals surface area contributed by atoms with Gasteiger partial charge in [-0.25, -0.2) is 4.98 Å². The monoisotopic (exact) mass is 269 g/mol. The van der Waals surface area contributed by atoms with E-state index in [1.807, 2.05) is 0 Å². The molecule has 2 N–H and O–H groups in total. The summed E-state index contributed by atoms with van der Waals surface area (Å²) in [5.74, 6) is 2.05. The van der Waals surface area contributed by atoms with Crippen molar-refractivity contribution in [3.8, 4) is 17.0 Å². The van der Waals surface area contributed by atoms with Gasteiger partial charge in [0.25, 0.3) is 0 Å². The van der Waals surface area contributed by atoms with Crippen LogP contribution in [0, 0.1) is 0 Å². The number of fused-ring (bicyclic) bond motifs is 2. The second-order valence-corrected chi connectivity index (χ2v) is 5.56. The molecule has 0 aliphatic carbocycles. The van der Waals surface area contributed by atoms with Gasteiger partial charge in [0.15, 0.2) is 0 Å². The summed E-state index contributed by atoms with van der Waals surface area (Å²) < 4.78 is 7.90. The minimum Gasteiger partial charge on any atom is -0.493 e. The molecule has 0 fully saturated rings. The number of ether oxygens (including phenoxy) is 1. The summed E-state index contributed by atoms with van der Waals surface area (Å²) in [6.07, 6.45) is 4.59. The Balaban J connectivity index is 1.84. The SMILES string of the molecule is NCc1nc(-c2ccc3c(c2)CCO3)c2n1CCCC2. The van der Waals surface area contributed by atoms with Crippen LogP contribution in [0.4, 0.5) is 0 Å². The maximum absolute atomic E-state index is 5.85. The predicted octanol–water partition coefficient (Wildman–Crippen LogP) is 2.28. The van der Waals surface area contributed by atoms with Crippen molar-refractivity contribution in [3.63, 3.8) is 0 Å². The van der Waals surface area contributed by atoms with Crippen molar-refractivity contribution in [1.29, 1.82) is 0 Å². The molecule has 20 heavy (non-hydrogen) atoms. The number of nitrogens with zero attached hydrogens (tertiary/aromatic N) is 2. The van der Waals surface area contributed by atoms with Gasteiger partial charge in [-0.15, -0.1) is 0 Å². The summed E-state index contributed by atoms with van der Waals surface area (Å²) in [7, 11) is 0. The highest BCUT2D eigenvalue weighted by molar-refractivity contribution is 5.65. The Morgan fingerprint density at radius 2 is 2.20 bits per heavy atom. The van der Waals surface area contributed by atoms with Crippen LogP contribution in [0.3, 0.4) is 0 Å². The van der Waals surface area contributed by atoms with Gasteiger partial charge >= 0.3 is 0 Å². The van der Waals surface area contributed by atoms with Crippen molar-refractivity contribution in [3.05, 3.63) is 35.3 Å². The molecule has 0 bridgehead atoms.